The molecule has 0 aromatic carbocycles. The molecule has 0 bridgehead atoms. The van der Waals surface area contributed by atoms with Crippen LogP contribution in [0.4, 0.5) is 0 Å². The number of nitrogens with one attached hydrogen (secondary N) is 1. The molecule has 1 rings (SSSR count). The van der Waals surface area contributed by atoms with Gasteiger partial charge in [0, 0.05) is 19.2 Å². The first kappa shape index (κ1) is 12.1. The minimum atomic E-state index is -2.90. The van der Waals surface area contributed by atoms with E-state index in [1.54, 1.807) is 13.8 Å². The molecule has 0 aliphatic carbocycles. The first-order valence-electron chi connectivity index (χ1n) is 4.74. The summed E-state index contributed by atoms with van der Waals surface area (Å²) in [6.07, 6.45) is 0. The molecule has 0 saturated heterocycles. The van der Waals surface area contributed by atoms with Crippen LogP contribution >= 0.6 is 0 Å². The Hall–Kier alpha value is -0.950. The molecule has 0 aliphatic heterocycles. The van der Waals surface area contributed by atoms with Gasteiger partial charge in [0.2, 0.25) is 5.89 Å². The minimum absolute atomic E-state index is 0.139. The van der Waals surface area contributed by atoms with Crippen molar-refractivity contribution >= 4 is 9.84 Å². The van der Waals surface area contributed by atoms with E-state index in [2.05, 4.69) is 15.5 Å². The Labute approximate surface area is 89.0 Å². The molecule has 0 radical (unpaired) electrons. The first-order valence-corrected chi connectivity index (χ1v) is 6.56. The van der Waals surface area contributed by atoms with Crippen molar-refractivity contribution in [2.24, 2.45) is 0 Å². The van der Waals surface area contributed by atoms with Crippen molar-refractivity contribution in [1.29, 1.82) is 0 Å². The van der Waals surface area contributed by atoms with E-state index in [0.29, 0.717) is 24.8 Å². The Morgan fingerprint density at radius 3 is 2.73 bits per heavy atom. The van der Waals surface area contributed by atoms with E-state index in [0.717, 1.165) is 0 Å². The Kier molecular flexibility index (Phi) is 4.22. The normalized spacial score (nSPS) is 11.9. The predicted molar refractivity (Wildman–Crippen MR) is 55.1 cm³/mol. The number of aromatic nitrogens is 2. The number of hydrogen-bond acceptors (Lipinski definition) is 6. The van der Waals surface area contributed by atoms with Crippen molar-refractivity contribution in [3.05, 3.63) is 11.7 Å². The summed E-state index contributed by atoms with van der Waals surface area (Å²) in [5.41, 5.74) is 0. The molecular weight excluding hydrogens is 218 g/mol. The lowest BCUT2D eigenvalue weighted by atomic mass is 10.6. The lowest BCUT2D eigenvalue weighted by molar-refractivity contribution is 0.386. The number of nitrogens with zero attached hydrogens (tertiary/aromatic N) is 2. The largest absolute Gasteiger partial charge is 0.340 e. The molecule has 1 N–H and O–H groups in total. The fourth-order valence-corrected chi connectivity index (χ4v) is 1.73. The third kappa shape index (κ3) is 4.39. The monoisotopic (exact) mass is 233 g/mol. The van der Waals surface area contributed by atoms with Crippen molar-refractivity contribution in [2.75, 3.05) is 18.1 Å². The molecule has 86 valence electrons. The standard InChI is InChI=1S/C8H15N3O3S/c1-3-15(12,13)5-4-9-6-8-10-7(2)14-11-8/h9H,3-6H2,1-2H3. The zero-order valence-corrected chi connectivity index (χ0v) is 9.67. The first-order chi connectivity index (χ1) is 7.03. The van der Waals surface area contributed by atoms with Crippen molar-refractivity contribution < 1.29 is 12.9 Å². The smallest absolute Gasteiger partial charge is 0.223 e. The maximum atomic E-state index is 11.1. The second-order valence-electron chi connectivity index (χ2n) is 3.14. The summed E-state index contributed by atoms with van der Waals surface area (Å²) in [5, 5.41) is 6.61. The van der Waals surface area contributed by atoms with Gasteiger partial charge in [-0.05, 0) is 0 Å². The Morgan fingerprint density at radius 1 is 1.47 bits per heavy atom. The molecule has 0 amide bonds. The average Bonchev–Trinajstić information content (AvgIpc) is 2.59. The van der Waals surface area contributed by atoms with Crippen molar-refractivity contribution in [1.82, 2.24) is 15.5 Å². The molecule has 0 aliphatic rings. The summed E-state index contributed by atoms with van der Waals surface area (Å²) in [7, 11) is -2.90. The van der Waals surface area contributed by atoms with Gasteiger partial charge in [0.15, 0.2) is 15.7 Å². The van der Waals surface area contributed by atoms with E-state index in [-0.39, 0.29) is 11.5 Å². The van der Waals surface area contributed by atoms with Gasteiger partial charge in [-0.2, -0.15) is 4.98 Å². The highest BCUT2D eigenvalue weighted by molar-refractivity contribution is 7.91. The zero-order chi connectivity index (χ0) is 11.3. The minimum Gasteiger partial charge on any atom is -0.340 e. The number of hydrogen-bond donors (Lipinski definition) is 1. The summed E-state index contributed by atoms with van der Waals surface area (Å²) >= 11 is 0. The molecule has 1 heterocycles. The molecule has 0 saturated carbocycles. The fourth-order valence-electron chi connectivity index (χ4n) is 0.985. The van der Waals surface area contributed by atoms with Gasteiger partial charge in [-0.3, -0.25) is 0 Å². The Balaban J connectivity index is 2.23. The van der Waals surface area contributed by atoms with Gasteiger partial charge in [-0.15, -0.1) is 0 Å². The molecule has 1 aromatic heterocycles. The number of rotatable bonds is 6. The van der Waals surface area contributed by atoms with Crippen LogP contribution in [-0.4, -0.2) is 36.6 Å². The van der Waals surface area contributed by atoms with Crippen LogP contribution < -0.4 is 5.32 Å². The van der Waals surface area contributed by atoms with Crippen LogP contribution in [0, 0.1) is 6.92 Å². The lowest BCUT2D eigenvalue weighted by Crippen LogP contribution is -2.23. The number of sulfone groups is 1. The van der Waals surface area contributed by atoms with Gasteiger partial charge in [0.1, 0.15) is 0 Å². The molecule has 15 heavy (non-hydrogen) atoms. The lowest BCUT2D eigenvalue weighted by Gasteiger charge is -2.01. The van der Waals surface area contributed by atoms with Gasteiger partial charge in [-0.25, -0.2) is 8.42 Å². The van der Waals surface area contributed by atoms with Crippen LogP contribution in [0.5, 0.6) is 0 Å². The second-order valence-corrected chi connectivity index (χ2v) is 5.62. The quantitative estimate of drug-likeness (QED) is 0.691. The third-order valence-electron chi connectivity index (χ3n) is 1.88. The summed E-state index contributed by atoms with van der Waals surface area (Å²) in [4.78, 5) is 3.98. The van der Waals surface area contributed by atoms with Crippen molar-refractivity contribution in [2.45, 2.75) is 20.4 Å². The summed E-state index contributed by atoms with van der Waals surface area (Å²) < 4.78 is 27.0. The average molecular weight is 233 g/mol. The molecule has 6 nitrogen and oxygen atoms in total. The van der Waals surface area contributed by atoms with E-state index in [1.807, 2.05) is 0 Å². The van der Waals surface area contributed by atoms with Gasteiger partial charge < -0.3 is 9.84 Å². The molecular formula is C8H15N3O3S. The molecule has 0 spiro atoms. The van der Waals surface area contributed by atoms with Crippen LogP contribution in [0.2, 0.25) is 0 Å². The molecule has 1 aromatic rings. The Morgan fingerprint density at radius 2 is 2.20 bits per heavy atom. The van der Waals surface area contributed by atoms with E-state index in [4.69, 9.17) is 4.52 Å². The molecule has 0 atom stereocenters. The summed E-state index contributed by atoms with van der Waals surface area (Å²) in [6, 6.07) is 0. The topological polar surface area (TPSA) is 85.1 Å². The zero-order valence-electron chi connectivity index (χ0n) is 8.86. The maximum absolute atomic E-state index is 11.1. The summed E-state index contributed by atoms with van der Waals surface area (Å²) in [5.74, 6) is 1.37. The van der Waals surface area contributed by atoms with Crippen LogP contribution in [0.25, 0.3) is 0 Å². The van der Waals surface area contributed by atoms with E-state index >= 15 is 0 Å². The van der Waals surface area contributed by atoms with E-state index in [9.17, 15) is 8.42 Å². The van der Waals surface area contributed by atoms with Crippen LogP contribution in [0.15, 0.2) is 4.52 Å². The summed E-state index contributed by atoms with van der Waals surface area (Å²) in [6.45, 7) is 4.18. The van der Waals surface area contributed by atoms with Gasteiger partial charge in [-0.1, -0.05) is 12.1 Å². The second kappa shape index (κ2) is 5.22. The maximum Gasteiger partial charge on any atom is 0.223 e. The Bertz CT molecular complexity index is 399. The fraction of sp³-hybridized carbons (Fsp3) is 0.750. The van der Waals surface area contributed by atoms with Crippen LogP contribution in [-0.2, 0) is 16.4 Å². The van der Waals surface area contributed by atoms with Crippen molar-refractivity contribution in [3.8, 4) is 0 Å². The molecule has 0 unspecified atom stereocenters. The highest BCUT2D eigenvalue weighted by Gasteiger charge is 2.07. The third-order valence-corrected chi connectivity index (χ3v) is 3.59. The van der Waals surface area contributed by atoms with E-state index in [1.165, 1.54) is 0 Å². The molecule has 7 heteroatoms. The SMILES string of the molecule is CCS(=O)(=O)CCNCc1noc(C)n1. The van der Waals surface area contributed by atoms with Gasteiger partial charge in [0.05, 0.1) is 12.3 Å². The highest BCUT2D eigenvalue weighted by Crippen LogP contribution is 1.94. The van der Waals surface area contributed by atoms with Gasteiger partial charge >= 0.3 is 0 Å². The van der Waals surface area contributed by atoms with Gasteiger partial charge in [0.25, 0.3) is 0 Å². The van der Waals surface area contributed by atoms with E-state index < -0.39 is 9.84 Å². The predicted octanol–water partition coefficient (Wildman–Crippen LogP) is -0.0977. The van der Waals surface area contributed by atoms with Crippen LogP contribution in [0.1, 0.15) is 18.6 Å². The van der Waals surface area contributed by atoms with Crippen molar-refractivity contribution in [3.63, 3.8) is 0 Å². The van der Waals surface area contributed by atoms with Crippen LogP contribution in [0.3, 0.4) is 0 Å². The number of aryl methyl sites for hydroxylation is 1. The molecule has 0 fully saturated rings. The highest BCUT2D eigenvalue weighted by atomic mass is 32.2.